The summed E-state index contributed by atoms with van der Waals surface area (Å²) in [6.45, 7) is 7.47. The van der Waals surface area contributed by atoms with Crippen LogP contribution in [0.4, 0.5) is 5.69 Å². The molecule has 134 valence electrons. The number of nitrogens with zero attached hydrogens (tertiary/aromatic N) is 4. The number of non-ortho nitro benzene ring substituents is 1. The van der Waals surface area contributed by atoms with Crippen LogP contribution in [0.2, 0.25) is 0 Å². The highest BCUT2D eigenvalue weighted by Gasteiger charge is 2.20. The molecule has 0 bridgehead atoms. The predicted octanol–water partition coefficient (Wildman–Crippen LogP) is 2.43. The zero-order valence-corrected chi connectivity index (χ0v) is 14.8. The number of nitro benzene ring substituents is 1. The Morgan fingerprint density at radius 3 is 2.76 bits per heavy atom. The molecular weight excluding hydrogens is 318 g/mol. The standard InChI is InChI=1S/C18H25N5O2/c1-3-22-9-8-14(12-22)10-19-11-16-13-21(2)20-18(16)15-4-6-17(7-5-15)23(24)25/h4-7,13-14,19H,3,8-12H2,1-2H3. The summed E-state index contributed by atoms with van der Waals surface area (Å²) in [4.78, 5) is 12.9. The van der Waals surface area contributed by atoms with E-state index < -0.39 is 0 Å². The number of likely N-dealkylation sites (tertiary alicyclic amines) is 1. The number of aromatic nitrogens is 2. The summed E-state index contributed by atoms with van der Waals surface area (Å²) in [5.41, 5.74) is 3.00. The van der Waals surface area contributed by atoms with E-state index in [2.05, 4.69) is 22.2 Å². The van der Waals surface area contributed by atoms with Crippen LogP contribution in [0.25, 0.3) is 11.3 Å². The van der Waals surface area contributed by atoms with Crippen LogP contribution in [0.5, 0.6) is 0 Å². The molecular formula is C18H25N5O2. The molecule has 1 N–H and O–H groups in total. The van der Waals surface area contributed by atoms with E-state index in [9.17, 15) is 10.1 Å². The molecule has 1 atom stereocenters. The van der Waals surface area contributed by atoms with Gasteiger partial charge in [-0.3, -0.25) is 14.8 Å². The lowest BCUT2D eigenvalue weighted by atomic mass is 10.1. The third-order valence-electron chi connectivity index (χ3n) is 4.82. The quantitative estimate of drug-likeness (QED) is 0.617. The Morgan fingerprint density at radius 2 is 2.12 bits per heavy atom. The van der Waals surface area contributed by atoms with Crippen molar-refractivity contribution in [3.05, 3.63) is 46.1 Å². The van der Waals surface area contributed by atoms with Crippen LogP contribution >= 0.6 is 0 Å². The first-order chi connectivity index (χ1) is 12.1. The molecule has 1 saturated heterocycles. The first-order valence-corrected chi connectivity index (χ1v) is 8.77. The molecule has 1 aliphatic heterocycles. The van der Waals surface area contributed by atoms with Gasteiger partial charge in [0, 0.05) is 49.6 Å². The molecule has 7 nitrogen and oxygen atoms in total. The monoisotopic (exact) mass is 343 g/mol. The fourth-order valence-electron chi connectivity index (χ4n) is 3.43. The average molecular weight is 343 g/mol. The van der Waals surface area contributed by atoms with Crippen LogP contribution < -0.4 is 5.32 Å². The summed E-state index contributed by atoms with van der Waals surface area (Å²) in [7, 11) is 1.90. The molecule has 0 saturated carbocycles. The molecule has 25 heavy (non-hydrogen) atoms. The molecule has 1 aromatic carbocycles. The Morgan fingerprint density at radius 1 is 1.36 bits per heavy atom. The van der Waals surface area contributed by atoms with Gasteiger partial charge in [-0.05, 0) is 44.1 Å². The lowest BCUT2D eigenvalue weighted by Gasteiger charge is -2.13. The van der Waals surface area contributed by atoms with Crippen LogP contribution in [0.15, 0.2) is 30.5 Å². The predicted molar refractivity (Wildman–Crippen MR) is 97.2 cm³/mol. The van der Waals surface area contributed by atoms with Gasteiger partial charge in [0.05, 0.1) is 10.6 Å². The van der Waals surface area contributed by atoms with Crippen molar-refractivity contribution in [1.29, 1.82) is 0 Å². The maximum Gasteiger partial charge on any atom is 0.269 e. The molecule has 0 amide bonds. The molecule has 1 fully saturated rings. The molecule has 7 heteroatoms. The molecule has 1 aliphatic rings. The van der Waals surface area contributed by atoms with Crippen molar-refractivity contribution >= 4 is 5.69 Å². The van der Waals surface area contributed by atoms with E-state index >= 15 is 0 Å². The highest BCUT2D eigenvalue weighted by molar-refractivity contribution is 5.64. The van der Waals surface area contributed by atoms with Gasteiger partial charge < -0.3 is 10.2 Å². The van der Waals surface area contributed by atoms with Gasteiger partial charge in [-0.15, -0.1) is 0 Å². The van der Waals surface area contributed by atoms with Crippen molar-refractivity contribution in [2.45, 2.75) is 19.9 Å². The Kier molecular flexibility index (Phi) is 5.45. The number of nitro groups is 1. The molecule has 3 rings (SSSR count). The van der Waals surface area contributed by atoms with E-state index in [1.54, 1.807) is 16.8 Å². The maximum atomic E-state index is 10.8. The van der Waals surface area contributed by atoms with Crippen LogP contribution in [-0.4, -0.2) is 45.8 Å². The van der Waals surface area contributed by atoms with Crippen LogP contribution in [0.3, 0.4) is 0 Å². The Bertz CT molecular complexity index is 726. The summed E-state index contributed by atoms with van der Waals surface area (Å²) in [6.07, 6.45) is 3.26. The topological polar surface area (TPSA) is 76.2 Å². The van der Waals surface area contributed by atoms with E-state index in [1.165, 1.54) is 31.6 Å². The van der Waals surface area contributed by atoms with E-state index in [4.69, 9.17) is 0 Å². The number of rotatable bonds is 7. The van der Waals surface area contributed by atoms with Gasteiger partial charge in [0.15, 0.2) is 0 Å². The van der Waals surface area contributed by atoms with Crippen molar-refractivity contribution in [3.8, 4) is 11.3 Å². The van der Waals surface area contributed by atoms with Crippen molar-refractivity contribution in [1.82, 2.24) is 20.0 Å². The molecule has 2 heterocycles. The maximum absolute atomic E-state index is 10.8. The fraction of sp³-hybridized carbons (Fsp3) is 0.500. The Balaban J connectivity index is 1.63. The molecule has 1 unspecified atom stereocenters. The van der Waals surface area contributed by atoms with Gasteiger partial charge in [0.25, 0.3) is 5.69 Å². The minimum absolute atomic E-state index is 0.0982. The lowest BCUT2D eigenvalue weighted by Crippen LogP contribution is -2.26. The van der Waals surface area contributed by atoms with E-state index in [1.807, 2.05) is 13.2 Å². The molecule has 2 aromatic rings. The van der Waals surface area contributed by atoms with E-state index in [-0.39, 0.29) is 10.6 Å². The van der Waals surface area contributed by atoms with E-state index in [0.29, 0.717) is 5.92 Å². The summed E-state index contributed by atoms with van der Waals surface area (Å²) in [6, 6.07) is 6.58. The Hall–Kier alpha value is -2.25. The zero-order valence-electron chi connectivity index (χ0n) is 14.8. The van der Waals surface area contributed by atoms with Gasteiger partial charge in [-0.1, -0.05) is 6.92 Å². The highest BCUT2D eigenvalue weighted by Crippen LogP contribution is 2.24. The van der Waals surface area contributed by atoms with Crippen molar-refractivity contribution in [2.75, 3.05) is 26.2 Å². The summed E-state index contributed by atoms with van der Waals surface area (Å²) < 4.78 is 1.79. The molecule has 0 spiro atoms. The van der Waals surface area contributed by atoms with Crippen LogP contribution in [-0.2, 0) is 13.6 Å². The first-order valence-electron chi connectivity index (χ1n) is 8.77. The Labute approximate surface area is 147 Å². The van der Waals surface area contributed by atoms with Crippen molar-refractivity contribution in [2.24, 2.45) is 13.0 Å². The summed E-state index contributed by atoms with van der Waals surface area (Å²) in [5.74, 6) is 0.708. The van der Waals surface area contributed by atoms with Crippen molar-refractivity contribution < 1.29 is 4.92 Å². The summed E-state index contributed by atoms with van der Waals surface area (Å²) in [5, 5.41) is 18.9. The number of hydrogen-bond acceptors (Lipinski definition) is 5. The van der Waals surface area contributed by atoms with Crippen LogP contribution in [0, 0.1) is 16.0 Å². The largest absolute Gasteiger partial charge is 0.312 e. The van der Waals surface area contributed by atoms with Gasteiger partial charge in [-0.2, -0.15) is 5.10 Å². The zero-order chi connectivity index (χ0) is 17.8. The lowest BCUT2D eigenvalue weighted by molar-refractivity contribution is -0.384. The third kappa shape index (κ3) is 4.24. The number of benzene rings is 1. The normalized spacial score (nSPS) is 17.9. The van der Waals surface area contributed by atoms with Gasteiger partial charge in [0.2, 0.25) is 0 Å². The van der Waals surface area contributed by atoms with Crippen molar-refractivity contribution in [3.63, 3.8) is 0 Å². The minimum Gasteiger partial charge on any atom is -0.312 e. The average Bonchev–Trinajstić information content (AvgIpc) is 3.21. The second kappa shape index (κ2) is 7.76. The summed E-state index contributed by atoms with van der Waals surface area (Å²) >= 11 is 0. The van der Waals surface area contributed by atoms with Gasteiger partial charge in [-0.25, -0.2) is 0 Å². The second-order valence-corrected chi connectivity index (χ2v) is 6.66. The third-order valence-corrected chi connectivity index (χ3v) is 4.82. The minimum atomic E-state index is -0.383. The van der Waals surface area contributed by atoms with Gasteiger partial charge in [0.1, 0.15) is 0 Å². The highest BCUT2D eigenvalue weighted by atomic mass is 16.6. The molecule has 1 aromatic heterocycles. The number of nitrogens with one attached hydrogen (secondary N) is 1. The number of aryl methyl sites for hydroxylation is 1. The first kappa shape index (κ1) is 17.6. The van der Waals surface area contributed by atoms with Crippen LogP contribution in [0.1, 0.15) is 18.9 Å². The second-order valence-electron chi connectivity index (χ2n) is 6.66. The molecule has 0 aliphatic carbocycles. The smallest absolute Gasteiger partial charge is 0.269 e. The molecule has 0 radical (unpaired) electrons. The van der Waals surface area contributed by atoms with E-state index in [0.717, 1.165) is 36.5 Å². The SMILES string of the molecule is CCN1CCC(CNCc2cn(C)nc2-c2ccc([N+](=O)[O-])cc2)C1. The fourth-order valence-corrected chi connectivity index (χ4v) is 3.43. The number of hydrogen-bond donors (Lipinski definition) is 1. The van der Waals surface area contributed by atoms with Gasteiger partial charge >= 0.3 is 0 Å².